The van der Waals surface area contributed by atoms with E-state index in [1.54, 1.807) is 0 Å². The summed E-state index contributed by atoms with van der Waals surface area (Å²) in [6.07, 6.45) is 72.8. The van der Waals surface area contributed by atoms with Crippen LogP contribution in [0, 0.1) is 0 Å². The van der Waals surface area contributed by atoms with Crippen LogP contribution in [-0.2, 0) is 48.1 Å². The number of unbranched alkanes of at least 4 members (excludes halogenated alkanes) is 48. The van der Waals surface area contributed by atoms with Crippen LogP contribution in [0.1, 0.15) is 426 Å². The number of hydrogen-bond acceptors (Lipinski definition) is 8. The third-order valence-electron chi connectivity index (χ3n) is 16.6. The molecule has 0 spiro atoms. The second-order valence-electron chi connectivity index (χ2n) is 24.8. The summed E-state index contributed by atoms with van der Waals surface area (Å²) in [5.41, 5.74) is 0. The second kappa shape index (κ2) is 72.8. The van der Waals surface area contributed by atoms with Crippen LogP contribution in [0.4, 0.5) is 0 Å². The number of aliphatic carboxylic acids is 2. The van der Waals surface area contributed by atoms with E-state index >= 15 is 0 Å². The molecular weight excluding hydrogens is 1060 g/mol. The van der Waals surface area contributed by atoms with Crippen LogP contribution >= 0.6 is 0 Å². The number of hydrogen-bond donors (Lipinski definition) is 0. The quantitative estimate of drug-likeness (QED) is 0.0334. The Labute approximate surface area is 517 Å². The second-order valence-corrected chi connectivity index (χ2v) is 24.8. The first kappa shape index (κ1) is 83.7. The van der Waals surface area contributed by atoms with Gasteiger partial charge in [-0.05, 0) is 89.9 Å². The molecule has 81 heavy (non-hydrogen) atoms. The molecule has 476 valence electrons. The molecule has 0 aromatic rings. The zero-order chi connectivity index (χ0) is 58.7. The van der Waals surface area contributed by atoms with Gasteiger partial charge in [0.05, 0.1) is 0 Å². The minimum absolute atomic E-state index is 0. The van der Waals surface area contributed by atoms with Gasteiger partial charge in [0.15, 0.2) is 0 Å². The van der Waals surface area contributed by atoms with Crippen LogP contribution in [0.3, 0.4) is 0 Å². The van der Waals surface area contributed by atoms with Crippen molar-refractivity contribution >= 4 is 23.9 Å². The van der Waals surface area contributed by atoms with E-state index in [4.69, 9.17) is 9.47 Å². The van der Waals surface area contributed by atoms with Gasteiger partial charge in [-0.1, -0.05) is 323 Å². The molecule has 2 atom stereocenters. The Bertz CT molecular complexity index is 1170. The van der Waals surface area contributed by atoms with Gasteiger partial charge in [-0.25, -0.2) is 0 Å². The maximum atomic E-state index is 12.5. The summed E-state index contributed by atoms with van der Waals surface area (Å²) in [5, 5.41) is 21.4. The third kappa shape index (κ3) is 74.6. The molecule has 0 amide bonds. The largest absolute Gasteiger partial charge is 2.00 e. The smallest absolute Gasteiger partial charge is 0.550 e. The molecule has 0 aliphatic rings. The van der Waals surface area contributed by atoms with Crippen LogP contribution in [-0.4, -0.2) is 36.1 Å². The Morgan fingerprint density at radius 2 is 0.383 bits per heavy atom. The van der Waals surface area contributed by atoms with Crippen molar-refractivity contribution in [2.24, 2.45) is 0 Å². The SMILES string of the molecule is CCCCCCCCCCCCCCCCCC(=O)OC(CCCCCCCCCCCC)CCCCC(=O)[O-].CCCCCCCCCCCCCCCCCC(=O)OC(CCCCCCCCCCCC)CCCCC(=O)[O-].[Zn+2]. The fourth-order valence-corrected chi connectivity index (χ4v) is 11.3. The van der Waals surface area contributed by atoms with Crippen LogP contribution < -0.4 is 10.2 Å². The van der Waals surface area contributed by atoms with Gasteiger partial charge >= 0.3 is 31.4 Å². The van der Waals surface area contributed by atoms with Gasteiger partial charge in [-0.3, -0.25) is 9.59 Å². The van der Waals surface area contributed by atoms with Gasteiger partial charge in [0.1, 0.15) is 12.2 Å². The number of carboxylic acid groups (broad SMARTS) is 2. The topological polar surface area (TPSA) is 133 Å². The number of esters is 2. The number of ether oxygens (including phenoxy) is 2. The molecule has 8 nitrogen and oxygen atoms in total. The molecule has 0 aliphatic heterocycles. The van der Waals surface area contributed by atoms with Gasteiger partial charge in [0, 0.05) is 24.8 Å². The number of carbonyl (C=O) groups excluding carboxylic acids is 4. The first-order chi connectivity index (χ1) is 39.2. The van der Waals surface area contributed by atoms with Crippen molar-refractivity contribution in [3.05, 3.63) is 0 Å². The Hall–Kier alpha value is -1.50. The fourth-order valence-electron chi connectivity index (χ4n) is 11.3. The molecular formula is C72H138O8Zn. The molecule has 0 saturated heterocycles. The summed E-state index contributed by atoms with van der Waals surface area (Å²) in [6, 6.07) is 0. The minimum Gasteiger partial charge on any atom is -0.550 e. The van der Waals surface area contributed by atoms with Crippen molar-refractivity contribution in [1.29, 1.82) is 0 Å². The average Bonchev–Trinajstić information content (AvgIpc) is 3.44. The van der Waals surface area contributed by atoms with Gasteiger partial charge in [0.2, 0.25) is 0 Å². The Balaban J connectivity index is -0.00000148. The van der Waals surface area contributed by atoms with E-state index < -0.39 is 11.9 Å². The molecule has 0 aromatic carbocycles. The zero-order valence-electron chi connectivity index (χ0n) is 55.0. The van der Waals surface area contributed by atoms with Crippen LogP contribution in [0.15, 0.2) is 0 Å². The normalized spacial score (nSPS) is 11.9. The van der Waals surface area contributed by atoms with E-state index in [1.807, 2.05) is 0 Å². The van der Waals surface area contributed by atoms with Crippen molar-refractivity contribution in [3.63, 3.8) is 0 Å². The first-order valence-corrected chi connectivity index (χ1v) is 36.0. The number of carboxylic acids is 2. The van der Waals surface area contributed by atoms with Crippen LogP contribution in [0.5, 0.6) is 0 Å². The molecule has 0 radical (unpaired) electrons. The van der Waals surface area contributed by atoms with Crippen LogP contribution in [0.2, 0.25) is 0 Å². The monoisotopic (exact) mass is 1190 g/mol. The maximum Gasteiger partial charge on any atom is 2.00 e. The molecule has 0 aromatic heterocycles. The Morgan fingerprint density at radius 3 is 0.568 bits per heavy atom. The van der Waals surface area contributed by atoms with E-state index in [1.165, 1.54) is 283 Å². The Kier molecular flexibility index (Phi) is 75.2. The molecule has 0 saturated carbocycles. The van der Waals surface area contributed by atoms with Crippen molar-refractivity contribution in [1.82, 2.24) is 0 Å². The van der Waals surface area contributed by atoms with Gasteiger partial charge in [0.25, 0.3) is 0 Å². The summed E-state index contributed by atoms with van der Waals surface area (Å²) >= 11 is 0. The fraction of sp³-hybridized carbons (Fsp3) is 0.944. The molecule has 9 heteroatoms. The molecule has 0 fully saturated rings. The average molecular weight is 1200 g/mol. The van der Waals surface area contributed by atoms with E-state index in [9.17, 15) is 29.4 Å². The summed E-state index contributed by atoms with van der Waals surface area (Å²) in [7, 11) is 0. The Morgan fingerprint density at radius 1 is 0.235 bits per heavy atom. The summed E-state index contributed by atoms with van der Waals surface area (Å²) in [4.78, 5) is 46.4. The molecule has 0 heterocycles. The van der Waals surface area contributed by atoms with Crippen molar-refractivity contribution < 1.29 is 58.3 Å². The van der Waals surface area contributed by atoms with E-state index in [0.717, 1.165) is 77.0 Å². The molecule has 0 rings (SSSR count). The molecule has 0 aliphatic carbocycles. The predicted molar refractivity (Wildman–Crippen MR) is 339 cm³/mol. The van der Waals surface area contributed by atoms with E-state index in [-0.39, 0.29) is 56.5 Å². The molecule has 2 unspecified atom stereocenters. The summed E-state index contributed by atoms with van der Waals surface area (Å²) in [6.45, 7) is 9.07. The third-order valence-corrected chi connectivity index (χ3v) is 16.6. The van der Waals surface area contributed by atoms with E-state index in [0.29, 0.717) is 25.7 Å². The van der Waals surface area contributed by atoms with Gasteiger partial charge < -0.3 is 29.3 Å². The van der Waals surface area contributed by atoms with Gasteiger partial charge in [-0.15, -0.1) is 0 Å². The van der Waals surface area contributed by atoms with E-state index in [2.05, 4.69) is 27.7 Å². The minimum atomic E-state index is -0.989. The predicted octanol–water partition coefficient (Wildman–Crippen LogP) is 21.6. The van der Waals surface area contributed by atoms with Gasteiger partial charge in [-0.2, -0.15) is 0 Å². The van der Waals surface area contributed by atoms with Crippen molar-refractivity contribution in [2.45, 2.75) is 438 Å². The maximum absolute atomic E-state index is 12.5. The first-order valence-electron chi connectivity index (χ1n) is 36.0. The summed E-state index contributed by atoms with van der Waals surface area (Å²) in [5.74, 6) is -2.11. The van der Waals surface area contributed by atoms with Crippen molar-refractivity contribution in [2.75, 3.05) is 0 Å². The molecule has 0 bridgehead atoms. The standard InChI is InChI=1S/2C36H70O4.Zn/c2*1-3-5-7-9-11-13-15-16-17-18-19-21-23-25-27-33-36(39)40-34(31-28-29-32-35(37)38)30-26-24-22-20-14-12-10-8-6-4-2;/h2*34H,3-33H2,1-2H3,(H,37,38);/q;;+2/p-2. The zero-order valence-corrected chi connectivity index (χ0v) is 57.9. The number of carbonyl (C=O) groups is 4. The van der Waals surface area contributed by atoms with Crippen LogP contribution in [0.25, 0.3) is 0 Å². The summed E-state index contributed by atoms with van der Waals surface area (Å²) < 4.78 is 11.7. The number of rotatable bonds is 66. The molecule has 0 N–H and O–H groups in total. The van der Waals surface area contributed by atoms with Crippen molar-refractivity contribution in [3.8, 4) is 0 Å².